The van der Waals surface area contributed by atoms with E-state index in [9.17, 15) is 14.7 Å². The number of aliphatic hydroxyl groups excluding tert-OH is 1. The molecule has 0 aromatic rings. The van der Waals surface area contributed by atoms with Crippen molar-refractivity contribution in [1.29, 1.82) is 0 Å². The average molecular weight is 757 g/mol. The van der Waals surface area contributed by atoms with E-state index < -0.39 is 6.10 Å². The van der Waals surface area contributed by atoms with E-state index in [1.807, 2.05) is 0 Å². The number of unbranched alkanes of at least 4 members (excludes halogenated alkanes) is 26. The maximum absolute atomic E-state index is 12.2. The second-order valence-electron chi connectivity index (χ2n) is 15.4. The molecule has 0 heterocycles. The molecule has 0 aliphatic rings. The Hall–Kier alpha value is -2.14. The van der Waals surface area contributed by atoms with Crippen molar-refractivity contribution in [2.45, 2.75) is 238 Å². The van der Waals surface area contributed by atoms with E-state index in [4.69, 9.17) is 9.47 Å². The predicted molar refractivity (Wildman–Crippen MR) is 233 cm³/mol. The summed E-state index contributed by atoms with van der Waals surface area (Å²) in [6.45, 7) is 4.03. The zero-order valence-corrected chi connectivity index (χ0v) is 35.7. The maximum atomic E-state index is 12.2. The van der Waals surface area contributed by atoms with Crippen molar-refractivity contribution in [3.05, 3.63) is 48.6 Å². The minimum Gasteiger partial charge on any atom is -0.462 e. The third-order valence-corrected chi connectivity index (χ3v) is 10.1. The zero-order chi connectivity index (χ0) is 39.3. The molecule has 0 aliphatic carbocycles. The molecular formula is C49H88O5. The molecule has 1 unspecified atom stereocenters. The molecule has 0 bridgehead atoms. The highest BCUT2D eigenvalue weighted by atomic mass is 16.6. The highest BCUT2D eigenvalue weighted by molar-refractivity contribution is 5.70. The van der Waals surface area contributed by atoms with Gasteiger partial charge in [0.15, 0.2) is 6.10 Å². The molecule has 0 saturated heterocycles. The Morgan fingerprint density at radius 1 is 0.444 bits per heavy atom. The Labute approximate surface area is 335 Å². The van der Waals surface area contributed by atoms with Gasteiger partial charge in [-0.2, -0.15) is 0 Å². The summed E-state index contributed by atoms with van der Waals surface area (Å²) in [4.78, 5) is 24.3. The van der Waals surface area contributed by atoms with Crippen LogP contribution in [0.15, 0.2) is 48.6 Å². The molecule has 5 heteroatoms. The van der Waals surface area contributed by atoms with E-state index in [0.717, 1.165) is 70.6 Å². The Morgan fingerprint density at radius 2 is 0.796 bits per heavy atom. The zero-order valence-electron chi connectivity index (χ0n) is 35.7. The number of esters is 2. The van der Waals surface area contributed by atoms with Crippen LogP contribution in [0.4, 0.5) is 0 Å². The molecule has 5 nitrogen and oxygen atoms in total. The average Bonchev–Trinajstić information content (AvgIpc) is 3.17. The number of carbonyl (C=O) groups is 2. The summed E-state index contributed by atoms with van der Waals surface area (Å²) in [6, 6.07) is 0. The van der Waals surface area contributed by atoms with Crippen LogP contribution in [0.2, 0.25) is 0 Å². The van der Waals surface area contributed by atoms with Crippen LogP contribution in [0.5, 0.6) is 0 Å². The van der Waals surface area contributed by atoms with Crippen molar-refractivity contribution in [2.24, 2.45) is 0 Å². The monoisotopic (exact) mass is 757 g/mol. The molecule has 1 atom stereocenters. The first-order valence-electron chi connectivity index (χ1n) is 23.2. The van der Waals surface area contributed by atoms with E-state index in [0.29, 0.717) is 12.8 Å². The van der Waals surface area contributed by atoms with Crippen LogP contribution in [-0.4, -0.2) is 36.4 Å². The summed E-state index contributed by atoms with van der Waals surface area (Å²) in [6.07, 6.45) is 57.7. The van der Waals surface area contributed by atoms with Gasteiger partial charge in [-0.15, -0.1) is 0 Å². The van der Waals surface area contributed by atoms with Crippen molar-refractivity contribution in [3.8, 4) is 0 Å². The van der Waals surface area contributed by atoms with Crippen molar-refractivity contribution in [2.75, 3.05) is 13.2 Å². The molecule has 0 amide bonds. The molecule has 0 radical (unpaired) electrons. The molecule has 0 aromatic heterocycles. The van der Waals surface area contributed by atoms with E-state index in [2.05, 4.69) is 62.5 Å². The topological polar surface area (TPSA) is 72.8 Å². The SMILES string of the molecule is CC/C=C\C/C=C\C/C=C\CCCCCCCC(=O)OC(CO)COC(=O)CCCCCCCCCCCCCCC/C=C\CCCCCCCCCC. The van der Waals surface area contributed by atoms with Crippen LogP contribution in [0.25, 0.3) is 0 Å². The Kier molecular flexibility index (Phi) is 43.5. The van der Waals surface area contributed by atoms with E-state index in [1.165, 1.54) is 135 Å². The summed E-state index contributed by atoms with van der Waals surface area (Å²) in [5, 5.41) is 9.58. The molecule has 0 fully saturated rings. The highest BCUT2D eigenvalue weighted by Crippen LogP contribution is 2.15. The van der Waals surface area contributed by atoms with Crippen LogP contribution in [-0.2, 0) is 19.1 Å². The van der Waals surface area contributed by atoms with Gasteiger partial charge in [-0.3, -0.25) is 9.59 Å². The van der Waals surface area contributed by atoms with Crippen LogP contribution in [0.1, 0.15) is 232 Å². The van der Waals surface area contributed by atoms with Crippen molar-refractivity contribution in [1.82, 2.24) is 0 Å². The molecule has 0 aliphatic heterocycles. The van der Waals surface area contributed by atoms with Gasteiger partial charge in [0.1, 0.15) is 6.61 Å². The van der Waals surface area contributed by atoms with Gasteiger partial charge in [0.05, 0.1) is 6.61 Å². The largest absolute Gasteiger partial charge is 0.462 e. The normalized spacial score (nSPS) is 12.6. The van der Waals surface area contributed by atoms with Gasteiger partial charge >= 0.3 is 11.9 Å². The van der Waals surface area contributed by atoms with Gasteiger partial charge in [0.25, 0.3) is 0 Å². The lowest BCUT2D eigenvalue weighted by atomic mass is 10.0. The lowest BCUT2D eigenvalue weighted by Crippen LogP contribution is -2.28. The van der Waals surface area contributed by atoms with Crippen LogP contribution >= 0.6 is 0 Å². The van der Waals surface area contributed by atoms with E-state index >= 15 is 0 Å². The number of hydrogen-bond donors (Lipinski definition) is 1. The fourth-order valence-corrected chi connectivity index (χ4v) is 6.62. The van der Waals surface area contributed by atoms with E-state index in [1.54, 1.807) is 0 Å². The van der Waals surface area contributed by atoms with Gasteiger partial charge < -0.3 is 14.6 Å². The number of allylic oxidation sites excluding steroid dienone is 8. The summed E-state index contributed by atoms with van der Waals surface area (Å²) in [7, 11) is 0. The molecular weight excluding hydrogens is 669 g/mol. The van der Waals surface area contributed by atoms with Gasteiger partial charge in [0, 0.05) is 12.8 Å². The fourth-order valence-electron chi connectivity index (χ4n) is 6.62. The smallest absolute Gasteiger partial charge is 0.306 e. The number of ether oxygens (including phenoxy) is 2. The van der Waals surface area contributed by atoms with Crippen LogP contribution in [0, 0.1) is 0 Å². The van der Waals surface area contributed by atoms with Crippen molar-refractivity contribution < 1.29 is 24.2 Å². The first kappa shape index (κ1) is 51.9. The maximum Gasteiger partial charge on any atom is 0.306 e. The van der Waals surface area contributed by atoms with Crippen LogP contribution in [0.3, 0.4) is 0 Å². The summed E-state index contributed by atoms with van der Waals surface area (Å²) >= 11 is 0. The molecule has 314 valence electrons. The first-order valence-corrected chi connectivity index (χ1v) is 23.2. The minimum atomic E-state index is -0.780. The van der Waals surface area contributed by atoms with Gasteiger partial charge in [-0.25, -0.2) is 0 Å². The first-order chi connectivity index (χ1) is 26.6. The number of hydrogen-bond acceptors (Lipinski definition) is 5. The number of rotatable bonds is 42. The lowest BCUT2D eigenvalue weighted by Gasteiger charge is -2.15. The van der Waals surface area contributed by atoms with Gasteiger partial charge in [0.2, 0.25) is 0 Å². The lowest BCUT2D eigenvalue weighted by molar-refractivity contribution is -0.161. The molecule has 0 saturated carbocycles. The number of aliphatic hydroxyl groups is 1. The summed E-state index contributed by atoms with van der Waals surface area (Å²) in [5.41, 5.74) is 0. The summed E-state index contributed by atoms with van der Waals surface area (Å²) < 4.78 is 10.6. The molecule has 54 heavy (non-hydrogen) atoms. The predicted octanol–water partition coefficient (Wildman–Crippen LogP) is 15.0. The molecule has 0 aromatic carbocycles. The molecule has 0 spiro atoms. The van der Waals surface area contributed by atoms with Gasteiger partial charge in [-0.05, 0) is 70.6 Å². The minimum absolute atomic E-state index is 0.0723. The quantitative estimate of drug-likeness (QED) is 0.0381. The third-order valence-electron chi connectivity index (χ3n) is 10.1. The van der Waals surface area contributed by atoms with Crippen molar-refractivity contribution in [3.63, 3.8) is 0 Å². The molecule has 1 N–H and O–H groups in total. The Morgan fingerprint density at radius 3 is 1.22 bits per heavy atom. The van der Waals surface area contributed by atoms with Crippen molar-refractivity contribution >= 4 is 11.9 Å². The standard InChI is InChI=1S/C49H88O5/c1-3-5-7-9-11-13-15-17-19-20-21-22-23-24-25-26-27-28-30-31-33-35-37-39-41-43-48(51)53-46-47(45-50)54-49(52)44-42-40-38-36-34-32-29-18-16-14-12-10-8-6-4-2/h6,8,12,14,18,20-21,29,47,50H,3-5,7,9-11,13,15-17,19,22-28,30-46H2,1-2H3/b8-6-,14-12-,21-20-,29-18-. The Balaban J connectivity index is 3.49. The third kappa shape index (κ3) is 42.6. The second kappa shape index (κ2) is 45.3. The fraction of sp³-hybridized carbons (Fsp3) is 0.796. The summed E-state index contributed by atoms with van der Waals surface area (Å²) in [5.74, 6) is -0.606. The van der Waals surface area contributed by atoms with E-state index in [-0.39, 0.29) is 25.2 Å². The molecule has 0 rings (SSSR count). The second-order valence-corrected chi connectivity index (χ2v) is 15.4. The number of carbonyl (C=O) groups excluding carboxylic acids is 2. The Bertz CT molecular complexity index is 904. The highest BCUT2D eigenvalue weighted by Gasteiger charge is 2.16. The van der Waals surface area contributed by atoms with Crippen LogP contribution < -0.4 is 0 Å². The van der Waals surface area contributed by atoms with Gasteiger partial charge in [-0.1, -0.05) is 197 Å².